The molecule has 4 aromatic rings. The molecule has 11 heteroatoms. The van der Waals surface area contributed by atoms with Crippen LogP contribution in [0.4, 0.5) is 18.9 Å². The van der Waals surface area contributed by atoms with Crippen LogP contribution in [0.15, 0.2) is 40.9 Å². The SMILES string of the molecule is COc1cc(-c2nnc3n2CCCC3(Nc2cc(F)c(F)c(F)c2)C(C)=O)ccc1-c1cnc(C)o1. The number of Topliss-reactive ketones (excluding diaryl/α,β-unsaturated/α-hetero) is 1. The van der Waals surface area contributed by atoms with Crippen molar-refractivity contribution in [2.75, 3.05) is 12.4 Å². The first-order chi connectivity index (χ1) is 17.2. The van der Waals surface area contributed by atoms with Gasteiger partial charge in [-0.15, -0.1) is 10.2 Å². The third-order valence-electron chi connectivity index (χ3n) is 6.36. The van der Waals surface area contributed by atoms with Crippen molar-refractivity contribution in [1.29, 1.82) is 0 Å². The number of carbonyl (C=O) groups is 1. The first-order valence-electron chi connectivity index (χ1n) is 11.2. The zero-order valence-corrected chi connectivity index (χ0v) is 19.7. The van der Waals surface area contributed by atoms with Crippen molar-refractivity contribution in [2.45, 2.75) is 38.8 Å². The van der Waals surface area contributed by atoms with Gasteiger partial charge < -0.3 is 19.0 Å². The van der Waals surface area contributed by atoms with Crippen LogP contribution in [0.3, 0.4) is 0 Å². The van der Waals surface area contributed by atoms with Gasteiger partial charge in [0.2, 0.25) is 0 Å². The van der Waals surface area contributed by atoms with Gasteiger partial charge in [-0.25, -0.2) is 18.2 Å². The van der Waals surface area contributed by atoms with Crippen LogP contribution in [0.1, 0.15) is 31.5 Å². The number of aryl methyl sites for hydroxylation is 1. The van der Waals surface area contributed by atoms with Crippen molar-refractivity contribution in [3.8, 4) is 28.5 Å². The summed E-state index contributed by atoms with van der Waals surface area (Å²) in [6.45, 7) is 3.63. The van der Waals surface area contributed by atoms with Crippen molar-refractivity contribution in [1.82, 2.24) is 19.7 Å². The van der Waals surface area contributed by atoms with E-state index in [-0.39, 0.29) is 11.5 Å². The summed E-state index contributed by atoms with van der Waals surface area (Å²) in [6, 6.07) is 7.06. The minimum Gasteiger partial charge on any atom is -0.496 e. The van der Waals surface area contributed by atoms with Gasteiger partial charge in [0.05, 0.1) is 18.9 Å². The lowest BCUT2D eigenvalue weighted by atomic mass is 9.85. The number of halogens is 3. The Morgan fingerprint density at radius 1 is 1.17 bits per heavy atom. The molecule has 8 nitrogen and oxygen atoms in total. The first-order valence-corrected chi connectivity index (χ1v) is 11.2. The molecule has 0 bridgehead atoms. The van der Waals surface area contributed by atoms with E-state index in [1.54, 1.807) is 23.8 Å². The Hall–Kier alpha value is -4.15. The standard InChI is InChI=1S/C25H22F3N5O3/c1-13(34)25(30-16-10-18(26)22(28)19(27)11-16)7-4-8-33-23(31-32-24(25)33)15-5-6-17(20(9-15)35-3)21-12-29-14(2)36-21/h5-6,9-12,30H,4,7-8H2,1-3H3. The summed E-state index contributed by atoms with van der Waals surface area (Å²) in [5.74, 6) is -2.21. The number of ketones is 1. The van der Waals surface area contributed by atoms with Gasteiger partial charge in [-0.3, -0.25) is 4.79 Å². The van der Waals surface area contributed by atoms with E-state index in [9.17, 15) is 18.0 Å². The van der Waals surface area contributed by atoms with Gasteiger partial charge >= 0.3 is 0 Å². The van der Waals surface area contributed by atoms with Crippen molar-refractivity contribution in [2.24, 2.45) is 0 Å². The highest BCUT2D eigenvalue weighted by molar-refractivity contribution is 5.90. The molecule has 2 aromatic heterocycles. The molecule has 186 valence electrons. The molecule has 1 atom stereocenters. The average molecular weight is 497 g/mol. The molecular formula is C25H22F3N5O3. The lowest BCUT2D eigenvalue weighted by Crippen LogP contribution is -2.47. The molecule has 0 spiro atoms. The number of ether oxygens (including phenoxy) is 1. The van der Waals surface area contributed by atoms with Crippen LogP contribution in [0.2, 0.25) is 0 Å². The largest absolute Gasteiger partial charge is 0.496 e. The molecule has 0 amide bonds. The zero-order valence-electron chi connectivity index (χ0n) is 19.7. The Bertz CT molecular complexity index is 1460. The quantitative estimate of drug-likeness (QED) is 0.374. The van der Waals surface area contributed by atoms with Gasteiger partial charge in [-0.2, -0.15) is 0 Å². The maximum Gasteiger partial charge on any atom is 0.194 e. The summed E-state index contributed by atoms with van der Waals surface area (Å²) >= 11 is 0. The van der Waals surface area contributed by atoms with Crippen molar-refractivity contribution in [3.05, 3.63) is 65.7 Å². The normalized spacial score (nSPS) is 17.1. The molecule has 0 saturated carbocycles. The van der Waals surface area contributed by atoms with E-state index in [1.165, 1.54) is 14.0 Å². The molecule has 36 heavy (non-hydrogen) atoms. The third kappa shape index (κ3) is 3.80. The number of benzene rings is 2. The van der Waals surface area contributed by atoms with E-state index in [0.717, 1.165) is 12.1 Å². The second kappa shape index (κ2) is 8.81. The van der Waals surface area contributed by atoms with Gasteiger partial charge in [-0.05, 0) is 31.9 Å². The molecule has 1 N–H and O–H groups in total. The molecule has 5 rings (SSSR count). The predicted molar refractivity (Wildman–Crippen MR) is 124 cm³/mol. The zero-order chi connectivity index (χ0) is 25.6. The summed E-state index contributed by atoms with van der Waals surface area (Å²) in [4.78, 5) is 17.1. The molecule has 0 fully saturated rings. The second-order valence-electron chi connectivity index (χ2n) is 8.60. The van der Waals surface area contributed by atoms with Crippen LogP contribution in [-0.4, -0.2) is 32.6 Å². The maximum absolute atomic E-state index is 13.9. The highest BCUT2D eigenvalue weighted by atomic mass is 19.2. The lowest BCUT2D eigenvalue weighted by molar-refractivity contribution is -0.122. The van der Waals surface area contributed by atoms with E-state index in [1.807, 2.05) is 12.1 Å². The van der Waals surface area contributed by atoms with Gasteiger partial charge in [0.1, 0.15) is 5.75 Å². The van der Waals surface area contributed by atoms with E-state index in [2.05, 4.69) is 20.5 Å². The molecule has 1 aliphatic heterocycles. The van der Waals surface area contributed by atoms with Gasteiger partial charge in [-0.1, -0.05) is 6.07 Å². The lowest BCUT2D eigenvalue weighted by Gasteiger charge is -2.36. The van der Waals surface area contributed by atoms with Crippen LogP contribution < -0.4 is 10.1 Å². The van der Waals surface area contributed by atoms with Crippen LogP contribution in [0.5, 0.6) is 5.75 Å². The summed E-state index contributed by atoms with van der Waals surface area (Å²) < 4.78 is 54.2. The summed E-state index contributed by atoms with van der Waals surface area (Å²) in [5, 5.41) is 11.6. The number of methoxy groups -OCH3 is 1. The summed E-state index contributed by atoms with van der Waals surface area (Å²) in [6.07, 6.45) is 2.48. The number of hydrogen-bond donors (Lipinski definition) is 1. The smallest absolute Gasteiger partial charge is 0.194 e. The average Bonchev–Trinajstić information content (AvgIpc) is 3.49. The fraction of sp³-hybridized carbons (Fsp3) is 0.280. The molecule has 0 aliphatic carbocycles. The Balaban J connectivity index is 1.57. The highest BCUT2D eigenvalue weighted by Crippen LogP contribution is 2.39. The van der Waals surface area contributed by atoms with Gasteiger partial charge in [0.15, 0.2) is 52.1 Å². The Morgan fingerprint density at radius 2 is 1.92 bits per heavy atom. The maximum atomic E-state index is 13.9. The molecule has 1 unspecified atom stereocenters. The number of oxazole rings is 1. The molecular weight excluding hydrogens is 475 g/mol. The number of carbonyl (C=O) groups excluding carboxylic acids is 1. The van der Waals surface area contributed by atoms with E-state index >= 15 is 0 Å². The van der Waals surface area contributed by atoms with E-state index in [4.69, 9.17) is 9.15 Å². The minimum atomic E-state index is -1.58. The van der Waals surface area contributed by atoms with Gasteiger partial charge in [0, 0.05) is 36.9 Å². The third-order valence-corrected chi connectivity index (χ3v) is 6.36. The van der Waals surface area contributed by atoms with E-state index < -0.39 is 23.0 Å². The molecule has 2 aromatic carbocycles. The number of nitrogens with one attached hydrogen (secondary N) is 1. The van der Waals surface area contributed by atoms with Crippen LogP contribution in [0, 0.1) is 24.4 Å². The van der Waals surface area contributed by atoms with Crippen LogP contribution >= 0.6 is 0 Å². The number of anilines is 1. The number of aromatic nitrogens is 4. The van der Waals surface area contributed by atoms with Crippen LogP contribution in [0.25, 0.3) is 22.7 Å². The van der Waals surface area contributed by atoms with Crippen molar-refractivity contribution in [3.63, 3.8) is 0 Å². The number of nitrogens with zero attached hydrogens (tertiary/aromatic N) is 4. The highest BCUT2D eigenvalue weighted by Gasteiger charge is 2.45. The molecule has 1 aliphatic rings. The fourth-order valence-electron chi connectivity index (χ4n) is 4.59. The summed E-state index contributed by atoms with van der Waals surface area (Å²) in [5.41, 5.74) is -0.0844. The summed E-state index contributed by atoms with van der Waals surface area (Å²) in [7, 11) is 1.54. The Labute approximate surface area is 204 Å². The Kier molecular flexibility index (Phi) is 5.77. The Morgan fingerprint density at radius 3 is 2.56 bits per heavy atom. The molecule has 0 radical (unpaired) electrons. The van der Waals surface area contributed by atoms with Gasteiger partial charge in [0.25, 0.3) is 0 Å². The number of fused-ring (bicyclic) bond motifs is 1. The first kappa shape index (κ1) is 23.6. The monoisotopic (exact) mass is 497 g/mol. The number of hydrogen-bond acceptors (Lipinski definition) is 7. The molecule has 0 saturated heterocycles. The van der Waals surface area contributed by atoms with E-state index in [0.29, 0.717) is 59.6 Å². The topological polar surface area (TPSA) is 95.1 Å². The fourth-order valence-corrected chi connectivity index (χ4v) is 4.59. The van der Waals surface area contributed by atoms with Crippen molar-refractivity contribution >= 4 is 11.5 Å². The minimum absolute atomic E-state index is 0.0760. The van der Waals surface area contributed by atoms with Crippen LogP contribution in [-0.2, 0) is 16.9 Å². The molecule has 3 heterocycles. The van der Waals surface area contributed by atoms with Crippen molar-refractivity contribution < 1.29 is 27.1 Å². The predicted octanol–water partition coefficient (Wildman–Crippen LogP) is 5.02. The second-order valence-corrected chi connectivity index (χ2v) is 8.60. The number of rotatable bonds is 6.